The summed E-state index contributed by atoms with van der Waals surface area (Å²) in [5.41, 5.74) is 0. The Morgan fingerprint density at radius 2 is 2.29 bits per heavy atom. The number of nitrogens with zero attached hydrogens (tertiary/aromatic N) is 1. The second kappa shape index (κ2) is 9.47. The minimum absolute atomic E-state index is 0.0177. The molecule has 0 bridgehead atoms. The third kappa shape index (κ3) is 6.00. The van der Waals surface area contributed by atoms with Crippen LogP contribution in [-0.4, -0.2) is 42.4 Å². The van der Waals surface area contributed by atoms with Crippen LogP contribution in [0, 0.1) is 5.92 Å². The van der Waals surface area contributed by atoms with Crippen LogP contribution in [0.3, 0.4) is 0 Å². The second-order valence-electron chi connectivity index (χ2n) is 6.63. The average Bonchev–Trinajstić information content (AvgIpc) is 3.07. The summed E-state index contributed by atoms with van der Waals surface area (Å²) < 4.78 is 5.20. The van der Waals surface area contributed by atoms with E-state index in [0.29, 0.717) is 19.6 Å². The summed E-state index contributed by atoms with van der Waals surface area (Å²) in [6, 6.07) is 3.85. The summed E-state index contributed by atoms with van der Waals surface area (Å²) in [7, 11) is 0. The maximum absolute atomic E-state index is 12.3. The van der Waals surface area contributed by atoms with Gasteiger partial charge >= 0.3 is 0 Å². The number of hydrogen-bond acceptors (Lipinski definition) is 4. The smallest absolute Gasteiger partial charge is 0.234 e. The van der Waals surface area contributed by atoms with Crippen LogP contribution in [0.2, 0.25) is 0 Å². The van der Waals surface area contributed by atoms with Crippen molar-refractivity contribution in [1.29, 1.82) is 0 Å². The largest absolute Gasteiger partial charge is 0.467 e. The molecule has 1 aromatic heterocycles. The van der Waals surface area contributed by atoms with Crippen molar-refractivity contribution in [3.63, 3.8) is 0 Å². The van der Waals surface area contributed by atoms with Gasteiger partial charge in [0.05, 0.1) is 25.3 Å². The Bertz CT molecular complexity index is 516. The first kappa shape index (κ1) is 18.5. The SMILES string of the molecule is CCCC(C)NC(=O)C1CCCN(CC(=O)NCc2ccco2)C1. The van der Waals surface area contributed by atoms with Crippen LogP contribution in [0.15, 0.2) is 22.8 Å². The number of carbonyl (C=O) groups excluding carboxylic acids is 2. The molecule has 0 spiro atoms. The van der Waals surface area contributed by atoms with Crippen LogP contribution in [0.25, 0.3) is 0 Å². The normalized spacial score (nSPS) is 19.7. The summed E-state index contributed by atoms with van der Waals surface area (Å²) in [4.78, 5) is 26.5. The van der Waals surface area contributed by atoms with Crippen LogP contribution < -0.4 is 10.6 Å². The Kier molecular flexibility index (Phi) is 7.31. The third-order valence-corrected chi connectivity index (χ3v) is 4.39. The van der Waals surface area contributed by atoms with Crippen molar-refractivity contribution < 1.29 is 14.0 Å². The molecule has 1 aromatic rings. The zero-order valence-electron chi connectivity index (χ0n) is 14.7. The number of rotatable bonds is 8. The Hall–Kier alpha value is -1.82. The predicted molar refractivity (Wildman–Crippen MR) is 92.2 cm³/mol. The molecule has 1 fully saturated rings. The Labute approximate surface area is 144 Å². The number of likely N-dealkylation sites (tertiary alicyclic amines) is 1. The van der Waals surface area contributed by atoms with E-state index in [9.17, 15) is 9.59 Å². The van der Waals surface area contributed by atoms with E-state index in [1.807, 2.05) is 13.0 Å². The molecule has 0 aliphatic carbocycles. The highest BCUT2D eigenvalue weighted by Crippen LogP contribution is 2.17. The highest BCUT2D eigenvalue weighted by atomic mass is 16.3. The number of carbonyl (C=O) groups is 2. The first-order valence-corrected chi connectivity index (χ1v) is 8.90. The highest BCUT2D eigenvalue weighted by Gasteiger charge is 2.27. The molecule has 2 atom stereocenters. The van der Waals surface area contributed by atoms with Gasteiger partial charge in [0.1, 0.15) is 5.76 Å². The highest BCUT2D eigenvalue weighted by molar-refractivity contribution is 5.80. The van der Waals surface area contributed by atoms with E-state index in [0.717, 1.165) is 38.0 Å². The lowest BCUT2D eigenvalue weighted by Crippen LogP contribution is -2.47. The van der Waals surface area contributed by atoms with Crippen LogP contribution in [0.5, 0.6) is 0 Å². The molecule has 0 saturated carbocycles. The monoisotopic (exact) mass is 335 g/mol. The Balaban J connectivity index is 1.73. The molecule has 6 heteroatoms. The van der Waals surface area contributed by atoms with E-state index < -0.39 is 0 Å². The molecule has 1 aliphatic heterocycles. The molecule has 1 aliphatic rings. The Morgan fingerprint density at radius 1 is 1.46 bits per heavy atom. The maximum Gasteiger partial charge on any atom is 0.234 e. The number of nitrogens with one attached hydrogen (secondary N) is 2. The lowest BCUT2D eigenvalue weighted by Gasteiger charge is -2.32. The van der Waals surface area contributed by atoms with Gasteiger partial charge in [-0.3, -0.25) is 14.5 Å². The number of hydrogen-bond donors (Lipinski definition) is 2. The molecule has 0 radical (unpaired) electrons. The van der Waals surface area contributed by atoms with Crippen LogP contribution in [0.4, 0.5) is 0 Å². The van der Waals surface area contributed by atoms with E-state index in [1.165, 1.54) is 0 Å². The molecular formula is C18H29N3O3. The van der Waals surface area contributed by atoms with Gasteiger partial charge < -0.3 is 15.1 Å². The van der Waals surface area contributed by atoms with Gasteiger partial charge in [0.15, 0.2) is 0 Å². The van der Waals surface area contributed by atoms with Gasteiger partial charge in [-0.25, -0.2) is 0 Å². The molecule has 2 N–H and O–H groups in total. The average molecular weight is 335 g/mol. The van der Waals surface area contributed by atoms with Gasteiger partial charge in [0.25, 0.3) is 0 Å². The van der Waals surface area contributed by atoms with E-state index in [4.69, 9.17) is 4.42 Å². The van der Waals surface area contributed by atoms with Crippen molar-refractivity contribution in [3.8, 4) is 0 Å². The molecule has 1 saturated heterocycles. The van der Waals surface area contributed by atoms with E-state index in [-0.39, 0.29) is 23.8 Å². The second-order valence-corrected chi connectivity index (χ2v) is 6.63. The number of amides is 2. The van der Waals surface area contributed by atoms with Crippen molar-refractivity contribution in [3.05, 3.63) is 24.2 Å². The summed E-state index contributed by atoms with van der Waals surface area (Å²) in [5, 5.41) is 5.94. The lowest BCUT2D eigenvalue weighted by molar-refractivity contribution is -0.129. The molecule has 6 nitrogen and oxygen atoms in total. The lowest BCUT2D eigenvalue weighted by atomic mass is 9.96. The zero-order chi connectivity index (χ0) is 17.4. The molecule has 2 amide bonds. The summed E-state index contributed by atoms with van der Waals surface area (Å²) in [6.45, 7) is 6.41. The molecule has 2 heterocycles. The predicted octanol–water partition coefficient (Wildman–Crippen LogP) is 1.91. The summed E-state index contributed by atoms with van der Waals surface area (Å²) in [6.07, 6.45) is 5.50. The fourth-order valence-corrected chi connectivity index (χ4v) is 3.14. The van der Waals surface area contributed by atoms with E-state index in [2.05, 4.69) is 22.5 Å². The first-order chi connectivity index (χ1) is 11.6. The van der Waals surface area contributed by atoms with E-state index in [1.54, 1.807) is 12.3 Å². The quantitative estimate of drug-likeness (QED) is 0.761. The molecule has 2 unspecified atom stereocenters. The standard InChI is InChI=1S/C18H29N3O3/c1-3-6-14(2)20-18(23)15-7-4-9-21(12-15)13-17(22)19-11-16-8-5-10-24-16/h5,8,10,14-15H,3-4,6-7,9,11-13H2,1-2H3,(H,19,22)(H,20,23). The third-order valence-electron chi connectivity index (χ3n) is 4.39. The molecule has 24 heavy (non-hydrogen) atoms. The molecule has 0 aromatic carbocycles. The van der Waals surface area contributed by atoms with E-state index >= 15 is 0 Å². The zero-order valence-corrected chi connectivity index (χ0v) is 14.7. The summed E-state index contributed by atoms with van der Waals surface area (Å²) in [5.74, 6) is 0.809. The first-order valence-electron chi connectivity index (χ1n) is 8.90. The van der Waals surface area contributed by atoms with Gasteiger partial charge in [-0.2, -0.15) is 0 Å². The Morgan fingerprint density at radius 3 is 3.00 bits per heavy atom. The number of furan rings is 1. The van der Waals surface area contributed by atoms with Gasteiger partial charge in [0.2, 0.25) is 11.8 Å². The fourth-order valence-electron chi connectivity index (χ4n) is 3.14. The van der Waals surface area contributed by atoms with Crippen molar-refractivity contribution in [2.24, 2.45) is 5.92 Å². The number of piperidine rings is 1. The minimum Gasteiger partial charge on any atom is -0.467 e. The van der Waals surface area contributed by atoms with Crippen molar-refractivity contribution in [1.82, 2.24) is 15.5 Å². The molecule has 2 rings (SSSR count). The van der Waals surface area contributed by atoms with Crippen LogP contribution in [0.1, 0.15) is 45.3 Å². The molecular weight excluding hydrogens is 306 g/mol. The maximum atomic E-state index is 12.3. The van der Waals surface area contributed by atoms with Crippen molar-refractivity contribution in [2.75, 3.05) is 19.6 Å². The fraction of sp³-hybridized carbons (Fsp3) is 0.667. The van der Waals surface area contributed by atoms with Crippen LogP contribution >= 0.6 is 0 Å². The minimum atomic E-state index is -0.0354. The van der Waals surface area contributed by atoms with Crippen LogP contribution in [-0.2, 0) is 16.1 Å². The van der Waals surface area contributed by atoms with Crippen molar-refractivity contribution >= 4 is 11.8 Å². The van der Waals surface area contributed by atoms with Gasteiger partial charge in [-0.1, -0.05) is 13.3 Å². The topological polar surface area (TPSA) is 74.6 Å². The van der Waals surface area contributed by atoms with Gasteiger partial charge in [-0.15, -0.1) is 0 Å². The van der Waals surface area contributed by atoms with Crippen molar-refractivity contribution in [2.45, 2.75) is 52.1 Å². The molecule has 134 valence electrons. The summed E-state index contributed by atoms with van der Waals surface area (Å²) >= 11 is 0. The van der Waals surface area contributed by atoms with Gasteiger partial charge in [0, 0.05) is 12.6 Å². The van der Waals surface area contributed by atoms with Gasteiger partial charge in [-0.05, 0) is 44.9 Å².